The van der Waals surface area contributed by atoms with Gasteiger partial charge in [-0.05, 0) is 49.4 Å². The highest BCUT2D eigenvalue weighted by Crippen LogP contribution is 2.53. The maximum Gasteiger partial charge on any atom is 0.306 e. The van der Waals surface area contributed by atoms with Crippen molar-refractivity contribution in [2.45, 2.75) is 71.8 Å². The van der Waals surface area contributed by atoms with Gasteiger partial charge in [-0.15, -0.1) is 0 Å². The van der Waals surface area contributed by atoms with Crippen LogP contribution >= 0.6 is 0 Å². The van der Waals surface area contributed by atoms with Gasteiger partial charge >= 0.3 is 5.97 Å². The van der Waals surface area contributed by atoms with Crippen molar-refractivity contribution in [3.63, 3.8) is 0 Å². The molecule has 4 nitrogen and oxygen atoms in total. The maximum atomic E-state index is 13.0. The van der Waals surface area contributed by atoms with Crippen LogP contribution in [0.25, 0.3) is 0 Å². The Morgan fingerprint density at radius 3 is 2.45 bits per heavy atom. The number of fused-ring (bicyclic) bond motifs is 2. The van der Waals surface area contributed by atoms with E-state index in [4.69, 9.17) is 0 Å². The largest absolute Gasteiger partial charge is 0.481 e. The minimum absolute atomic E-state index is 0.0686. The van der Waals surface area contributed by atoms with Gasteiger partial charge in [-0.1, -0.05) is 27.2 Å². The van der Waals surface area contributed by atoms with Gasteiger partial charge in [-0.2, -0.15) is 0 Å². The molecule has 1 heterocycles. The Morgan fingerprint density at radius 1 is 1.09 bits per heavy atom. The van der Waals surface area contributed by atoms with Gasteiger partial charge in [0.15, 0.2) is 0 Å². The lowest BCUT2D eigenvalue weighted by molar-refractivity contribution is -0.145. The Balaban J connectivity index is 1.72. The average molecular weight is 307 g/mol. The van der Waals surface area contributed by atoms with Crippen LogP contribution < -0.4 is 0 Å². The molecule has 1 aliphatic heterocycles. The zero-order valence-electron chi connectivity index (χ0n) is 14.1. The predicted octanol–water partition coefficient (Wildman–Crippen LogP) is 3.30. The molecule has 2 aliphatic carbocycles. The fourth-order valence-electron chi connectivity index (χ4n) is 5.59. The molecular weight excluding hydrogens is 278 g/mol. The molecule has 4 heteroatoms. The van der Waals surface area contributed by atoms with E-state index in [-0.39, 0.29) is 23.2 Å². The van der Waals surface area contributed by atoms with Crippen molar-refractivity contribution in [2.24, 2.45) is 22.7 Å². The smallest absolute Gasteiger partial charge is 0.306 e. The molecule has 1 saturated heterocycles. The summed E-state index contributed by atoms with van der Waals surface area (Å²) >= 11 is 0. The second-order valence-electron chi connectivity index (χ2n) is 9.08. The Kier molecular flexibility index (Phi) is 3.77. The first kappa shape index (κ1) is 15.8. The predicted molar refractivity (Wildman–Crippen MR) is 84.3 cm³/mol. The molecule has 3 rings (SSSR count). The first-order valence-electron chi connectivity index (χ1n) is 8.72. The number of likely N-dealkylation sites (tertiary alicyclic amines) is 1. The van der Waals surface area contributed by atoms with Crippen LogP contribution in [-0.2, 0) is 9.59 Å². The third-order valence-corrected chi connectivity index (χ3v) is 6.07. The van der Waals surface area contributed by atoms with E-state index in [2.05, 4.69) is 25.7 Å². The summed E-state index contributed by atoms with van der Waals surface area (Å²) < 4.78 is 0. The number of carbonyl (C=O) groups is 2. The normalized spacial score (nSPS) is 40.5. The Labute approximate surface area is 133 Å². The van der Waals surface area contributed by atoms with Gasteiger partial charge in [0.05, 0.1) is 5.92 Å². The maximum absolute atomic E-state index is 13.0. The molecule has 124 valence electrons. The molecule has 0 aromatic rings. The average Bonchev–Trinajstić information content (AvgIpc) is 2.67. The number of rotatable bonds is 2. The summed E-state index contributed by atoms with van der Waals surface area (Å²) in [5.74, 6) is -0.888. The molecule has 2 bridgehead atoms. The molecule has 1 N–H and O–H groups in total. The summed E-state index contributed by atoms with van der Waals surface area (Å²) in [6.07, 6.45) is 6.40. The van der Waals surface area contributed by atoms with Crippen molar-refractivity contribution in [2.75, 3.05) is 6.54 Å². The van der Waals surface area contributed by atoms with Gasteiger partial charge in [0, 0.05) is 18.5 Å². The zero-order valence-corrected chi connectivity index (χ0v) is 14.1. The van der Waals surface area contributed by atoms with E-state index in [0.717, 1.165) is 38.6 Å². The molecule has 22 heavy (non-hydrogen) atoms. The number of carboxylic acids is 1. The van der Waals surface area contributed by atoms with Crippen molar-refractivity contribution in [3.8, 4) is 0 Å². The number of hydrogen-bond donors (Lipinski definition) is 1. The minimum Gasteiger partial charge on any atom is -0.481 e. The van der Waals surface area contributed by atoms with Crippen molar-refractivity contribution in [1.29, 1.82) is 0 Å². The Hall–Kier alpha value is -1.06. The highest BCUT2D eigenvalue weighted by Gasteiger charge is 2.51. The van der Waals surface area contributed by atoms with Crippen LogP contribution in [0.3, 0.4) is 0 Å². The number of carboxylic acid groups (broad SMARTS) is 1. The third kappa shape index (κ3) is 2.89. The van der Waals surface area contributed by atoms with Gasteiger partial charge in [-0.3, -0.25) is 9.59 Å². The van der Waals surface area contributed by atoms with Gasteiger partial charge in [0.2, 0.25) is 5.91 Å². The first-order chi connectivity index (χ1) is 10.2. The van der Waals surface area contributed by atoms with E-state index in [0.29, 0.717) is 17.9 Å². The fourth-order valence-corrected chi connectivity index (χ4v) is 5.59. The van der Waals surface area contributed by atoms with Crippen LogP contribution in [0.5, 0.6) is 0 Å². The summed E-state index contributed by atoms with van der Waals surface area (Å²) in [5, 5.41) is 9.24. The molecule has 0 aromatic heterocycles. The van der Waals surface area contributed by atoms with Gasteiger partial charge < -0.3 is 10.0 Å². The second-order valence-corrected chi connectivity index (χ2v) is 9.08. The monoisotopic (exact) mass is 307 g/mol. The Morgan fingerprint density at radius 2 is 1.77 bits per heavy atom. The van der Waals surface area contributed by atoms with Crippen LogP contribution in [0, 0.1) is 22.7 Å². The van der Waals surface area contributed by atoms with E-state index in [1.54, 1.807) is 0 Å². The Bertz CT molecular complexity index is 487. The minimum atomic E-state index is -0.731. The molecule has 0 radical (unpaired) electrons. The highest BCUT2D eigenvalue weighted by atomic mass is 16.4. The summed E-state index contributed by atoms with van der Waals surface area (Å²) in [7, 11) is 0. The molecular formula is C18H29NO3. The van der Waals surface area contributed by atoms with Crippen LogP contribution in [0.4, 0.5) is 0 Å². The molecule has 1 amide bonds. The molecule has 0 aromatic carbocycles. The van der Waals surface area contributed by atoms with E-state index >= 15 is 0 Å². The second kappa shape index (κ2) is 5.24. The molecule has 3 aliphatic rings. The van der Waals surface area contributed by atoms with Crippen LogP contribution in [0.1, 0.15) is 65.7 Å². The first-order valence-corrected chi connectivity index (χ1v) is 8.72. The summed E-state index contributed by atoms with van der Waals surface area (Å²) in [4.78, 5) is 26.3. The van der Waals surface area contributed by atoms with Crippen LogP contribution in [-0.4, -0.2) is 34.5 Å². The number of nitrogens with zero attached hydrogens (tertiary/aromatic N) is 1. The number of amides is 1. The lowest BCUT2D eigenvalue weighted by Gasteiger charge is -2.39. The van der Waals surface area contributed by atoms with Gasteiger partial charge in [0.1, 0.15) is 0 Å². The number of aliphatic carboxylic acids is 1. The van der Waals surface area contributed by atoms with Crippen molar-refractivity contribution < 1.29 is 14.7 Å². The lowest BCUT2D eigenvalue weighted by Crippen LogP contribution is -2.42. The van der Waals surface area contributed by atoms with E-state index in [1.807, 2.05) is 0 Å². The molecule has 2 saturated carbocycles. The van der Waals surface area contributed by atoms with Crippen molar-refractivity contribution >= 4 is 11.9 Å². The standard InChI is InChI=1S/C18H29NO3/c1-17(2)8-14-9-18(3,10-17)11-19(14)15(20)12-5-4-6-13(7-12)16(21)22/h12-14H,4-11H2,1-3H3,(H,21,22). The summed E-state index contributed by atoms with van der Waals surface area (Å²) in [5.41, 5.74) is 0.561. The molecule has 4 atom stereocenters. The van der Waals surface area contributed by atoms with E-state index < -0.39 is 5.97 Å². The quantitative estimate of drug-likeness (QED) is 0.851. The van der Waals surface area contributed by atoms with E-state index in [1.165, 1.54) is 6.42 Å². The van der Waals surface area contributed by atoms with Gasteiger partial charge in [-0.25, -0.2) is 0 Å². The number of carbonyl (C=O) groups excluding carboxylic acids is 1. The third-order valence-electron chi connectivity index (χ3n) is 6.07. The summed E-state index contributed by atoms with van der Waals surface area (Å²) in [6, 6.07) is 0.367. The molecule has 4 unspecified atom stereocenters. The van der Waals surface area contributed by atoms with Gasteiger partial charge in [0.25, 0.3) is 0 Å². The number of hydrogen-bond acceptors (Lipinski definition) is 2. The zero-order chi connectivity index (χ0) is 16.1. The lowest BCUT2D eigenvalue weighted by atomic mass is 9.65. The van der Waals surface area contributed by atoms with Crippen molar-refractivity contribution in [1.82, 2.24) is 4.90 Å². The topological polar surface area (TPSA) is 57.6 Å². The van der Waals surface area contributed by atoms with Crippen LogP contribution in [0.2, 0.25) is 0 Å². The molecule has 0 spiro atoms. The van der Waals surface area contributed by atoms with E-state index in [9.17, 15) is 14.7 Å². The fraction of sp³-hybridized carbons (Fsp3) is 0.889. The molecule has 3 fully saturated rings. The highest BCUT2D eigenvalue weighted by molar-refractivity contribution is 5.81. The SMILES string of the molecule is CC1(C)CC2CC(C)(CN2C(=O)C2CCCC(C(=O)O)C2)C1. The summed E-state index contributed by atoms with van der Waals surface area (Å²) in [6.45, 7) is 7.81. The van der Waals surface area contributed by atoms with Crippen molar-refractivity contribution in [3.05, 3.63) is 0 Å². The van der Waals surface area contributed by atoms with Crippen LogP contribution in [0.15, 0.2) is 0 Å².